The number of rotatable bonds is 3. The molecule has 6 heteroatoms. The van der Waals surface area contributed by atoms with Crippen molar-refractivity contribution >= 4 is 18.3 Å². The topological polar surface area (TPSA) is 50.8 Å². The van der Waals surface area contributed by atoms with Gasteiger partial charge in [0, 0.05) is 31.7 Å². The first-order chi connectivity index (χ1) is 8.76. The summed E-state index contributed by atoms with van der Waals surface area (Å²) < 4.78 is 10.4. The van der Waals surface area contributed by atoms with Crippen molar-refractivity contribution in [3.05, 3.63) is 23.8 Å². The molecule has 0 aromatic heterocycles. The minimum Gasteiger partial charge on any atom is -0.493 e. The first kappa shape index (κ1) is 15.6. The van der Waals surface area contributed by atoms with Gasteiger partial charge in [-0.05, 0) is 18.2 Å². The van der Waals surface area contributed by atoms with Crippen molar-refractivity contribution in [3.8, 4) is 11.5 Å². The molecule has 1 N–H and O–H groups in total. The first-order valence-corrected chi connectivity index (χ1v) is 5.98. The van der Waals surface area contributed by atoms with Crippen LogP contribution in [0, 0.1) is 0 Å². The van der Waals surface area contributed by atoms with Crippen molar-refractivity contribution < 1.29 is 14.3 Å². The van der Waals surface area contributed by atoms with Crippen LogP contribution in [0.15, 0.2) is 18.2 Å². The average Bonchev–Trinajstić information content (AvgIpc) is 2.46. The van der Waals surface area contributed by atoms with E-state index in [-0.39, 0.29) is 18.3 Å². The molecule has 0 bridgehead atoms. The van der Waals surface area contributed by atoms with Gasteiger partial charge in [0.1, 0.15) is 0 Å². The summed E-state index contributed by atoms with van der Waals surface area (Å²) in [6, 6.07) is 5.25. The third-order valence-electron chi connectivity index (χ3n) is 3.03. The van der Waals surface area contributed by atoms with E-state index in [0.717, 1.165) is 26.2 Å². The summed E-state index contributed by atoms with van der Waals surface area (Å²) in [5, 5.41) is 3.22. The smallest absolute Gasteiger partial charge is 0.254 e. The van der Waals surface area contributed by atoms with Crippen LogP contribution in [0.2, 0.25) is 0 Å². The molecule has 106 valence electrons. The van der Waals surface area contributed by atoms with Crippen molar-refractivity contribution in [1.82, 2.24) is 10.2 Å². The maximum atomic E-state index is 12.3. The third kappa shape index (κ3) is 3.52. The van der Waals surface area contributed by atoms with Gasteiger partial charge in [-0.1, -0.05) is 0 Å². The van der Waals surface area contributed by atoms with E-state index in [4.69, 9.17) is 9.47 Å². The number of halogens is 1. The molecular weight excluding hydrogens is 268 g/mol. The largest absolute Gasteiger partial charge is 0.493 e. The highest BCUT2D eigenvalue weighted by Gasteiger charge is 2.19. The molecule has 0 aliphatic carbocycles. The molecule has 0 atom stereocenters. The number of nitrogens with zero attached hydrogens (tertiary/aromatic N) is 1. The zero-order valence-electron chi connectivity index (χ0n) is 11.1. The lowest BCUT2D eigenvalue weighted by Gasteiger charge is -2.27. The molecule has 0 unspecified atom stereocenters. The summed E-state index contributed by atoms with van der Waals surface area (Å²) in [6.07, 6.45) is 0. The second kappa shape index (κ2) is 7.21. The molecule has 1 aliphatic heterocycles. The molecule has 0 radical (unpaired) electrons. The molecule has 1 aromatic rings. The first-order valence-electron chi connectivity index (χ1n) is 5.98. The Morgan fingerprint density at radius 3 is 2.37 bits per heavy atom. The summed E-state index contributed by atoms with van der Waals surface area (Å²) in [7, 11) is 3.15. The number of methoxy groups -OCH3 is 2. The van der Waals surface area contributed by atoms with Gasteiger partial charge in [-0.15, -0.1) is 12.4 Å². The van der Waals surface area contributed by atoms with E-state index in [0.29, 0.717) is 17.1 Å². The Kier molecular flexibility index (Phi) is 5.92. The van der Waals surface area contributed by atoms with Crippen molar-refractivity contribution in [3.63, 3.8) is 0 Å². The summed E-state index contributed by atoms with van der Waals surface area (Å²) in [5.74, 6) is 1.25. The standard InChI is InChI=1S/C13H18N2O3.ClH/c1-17-11-4-3-10(9-12(11)18-2)13(16)15-7-5-14-6-8-15;/h3-4,9,14H,5-8H2,1-2H3;1H. The molecular formula is C13H19ClN2O3. The highest BCUT2D eigenvalue weighted by Crippen LogP contribution is 2.28. The van der Waals surface area contributed by atoms with Gasteiger partial charge in [-0.3, -0.25) is 4.79 Å². The Balaban J connectivity index is 0.00000180. The lowest BCUT2D eigenvalue weighted by atomic mass is 10.1. The second-order valence-electron chi connectivity index (χ2n) is 4.11. The summed E-state index contributed by atoms with van der Waals surface area (Å²) in [5.41, 5.74) is 0.634. The molecule has 1 aromatic carbocycles. The fraction of sp³-hybridized carbons (Fsp3) is 0.462. The lowest BCUT2D eigenvalue weighted by molar-refractivity contribution is 0.0735. The van der Waals surface area contributed by atoms with Crippen LogP contribution in [-0.2, 0) is 0 Å². The van der Waals surface area contributed by atoms with Crippen LogP contribution in [-0.4, -0.2) is 51.2 Å². The van der Waals surface area contributed by atoms with E-state index in [1.165, 1.54) is 0 Å². The molecule has 19 heavy (non-hydrogen) atoms. The number of piperazine rings is 1. The van der Waals surface area contributed by atoms with Crippen molar-refractivity contribution in [2.24, 2.45) is 0 Å². The summed E-state index contributed by atoms with van der Waals surface area (Å²) in [4.78, 5) is 14.1. The van der Waals surface area contributed by atoms with Gasteiger partial charge < -0.3 is 19.7 Å². The van der Waals surface area contributed by atoms with Gasteiger partial charge in [-0.2, -0.15) is 0 Å². The van der Waals surface area contributed by atoms with Crippen LogP contribution in [0.4, 0.5) is 0 Å². The number of benzene rings is 1. The second-order valence-corrected chi connectivity index (χ2v) is 4.11. The molecule has 1 saturated heterocycles. The molecule has 1 heterocycles. The average molecular weight is 287 g/mol. The van der Waals surface area contributed by atoms with Crippen LogP contribution in [0.3, 0.4) is 0 Å². The monoisotopic (exact) mass is 286 g/mol. The zero-order valence-corrected chi connectivity index (χ0v) is 12.0. The third-order valence-corrected chi connectivity index (χ3v) is 3.03. The summed E-state index contributed by atoms with van der Waals surface area (Å²) in [6.45, 7) is 3.18. The number of hydrogen-bond donors (Lipinski definition) is 1. The Labute approximate surface area is 119 Å². The van der Waals surface area contributed by atoms with E-state index >= 15 is 0 Å². The molecule has 2 rings (SSSR count). The minimum atomic E-state index is 0. The van der Waals surface area contributed by atoms with Gasteiger partial charge >= 0.3 is 0 Å². The Morgan fingerprint density at radius 2 is 1.79 bits per heavy atom. The maximum absolute atomic E-state index is 12.3. The maximum Gasteiger partial charge on any atom is 0.254 e. The zero-order chi connectivity index (χ0) is 13.0. The summed E-state index contributed by atoms with van der Waals surface area (Å²) >= 11 is 0. The minimum absolute atomic E-state index is 0. The molecule has 5 nitrogen and oxygen atoms in total. The predicted octanol–water partition coefficient (Wildman–Crippen LogP) is 1.17. The number of carbonyl (C=O) groups is 1. The van der Waals surface area contributed by atoms with Crippen LogP contribution in [0.5, 0.6) is 11.5 Å². The van der Waals surface area contributed by atoms with Crippen LogP contribution in [0.25, 0.3) is 0 Å². The fourth-order valence-corrected chi connectivity index (χ4v) is 2.02. The Hall–Kier alpha value is -1.46. The molecule has 0 spiro atoms. The van der Waals surface area contributed by atoms with Crippen molar-refractivity contribution in [2.45, 2.75) is 0 Å². The van der Waals surface area contributed by atoms with Crippen molar-refractivity contribution in [2.75, 3.05) is 40.4 Å². The van der Waals surface area contributed by atoms with Crippen LogP contribution in [0.1, 0.15) is 10.4 Å². The SMILES string of the molecule is COc1ccc(C(=O)N2CCNCC2)cc1OC.Cl. The van der Waals surface area contributed by atoms with Gasteiger partial charge in [0.2, 0.25) is 0 Å². The number of nitrogens with one attached hydrogen (secondary N) is 1. The van der Waals surface area contributed by atoms with Crippen LogP contribution < -0.4 is 14.8 Å². The van der Waals surface area contributed by atoms with E-state index in [1.807, 2.05) is 4.90 Å². The number of amides is 1. The fourth-order valence-electron chi connectivity index (χ4n) is 2.02. The van der Waals surface area contributed by atoms with E-state index < -0.39 is 0 Å². The van der Waals surface area contributed by atoms with E-state index in [9.17, 15) is 4.79 Å². The van der Waals surface area contributed by atoms with Gasteiger partial charge in [0.25, 0.3) is 5.91 Å². The van der Waals surface area contributed by atoms with Crippen molar-refractivity contribution in [1.29, 1.82) is 0 Å². The molecule has 1 aliphatic rings. The quantitative estimate of drug-likeness (QED) is 0.906. The van der Waals surface area contributed by atoms with E-state index in [2.05, 4.69) is 5.32 Å². The highest BCUT2D eigenvalue weighted by atomic mass is 35.5. The predicted molar refractivity (Wildman–Crippen MR) is 75.6 cm³/mol. The Morgan fingerprint density at radius 1 is 1.16 bits per heavy atom. The lowest BCUT2D eigenvalue weighted by Crippen LogP contribution is -2.46. The van der Waals surface area contributed by atoms with Gasteiger partial charge in [-0.25, -0.2) is 0 Å². The van der Waals surface area contributed by atoms with Gasteiger partial charge in [0.05, 0.1) is 14.2 Å². The number of hydrogen-bond acceptors (Lipinski definition) is 4. The normalized spacial score (nSPS) is 14.5. The highest BCUT2D eigenvalue weighted by molar-refractivity contribution is 5.95. The molecule has 0 saturated carbocycles. The number of ether oxygens (including phenoxy) is 2. The molecule has 1 fully saturated rings. The number of carbonyl (C=O) groups excluding carboxylic acids is 1. The van der Waals surface area contributed by atoms with Gasteiger partial charge in [0.15, 0.2) is 11.5 Å². The van der Waals surface area contributed by atoms with E-state index in [1.54, 1.807) is 32.4 Å². The Bertz CT molecular complexity index is 434. The van der Waals surface area contributed by atoms with Crippen LogP contribution >= 0.6 is 12.4 Å². The molecule has 1 amide bonds.